The van der Waals surface area contributed by atoms with Crippen molar-refractivity contribution in [3.8, 4) is 11.5 Å². The van der Waals surface area contributed by atoms with Crippen LogP contribution < -0.4 is 9.64 Å². The van der Waals surface area contributed by atoms with Crippen LogP contribution >= 0.6 is 0 Å². The number of benzene rings is 3. The summed E-state index contributed by atoms with van der Waals surface area (Å²) in [7, 11) is 0. The third kappa shape index (κ3) is 2.80. The van der Waals surface area contributed by atoms with Gasteiger partial charge in [0.05, 0.1) is 11.1 Å². The average molecular weight is 447 g/mol. The van der Waals surface area contributed by atoms with Crippen molar-refractivity contribution in [2.75, 3.05) is 18.0 Å². The van der Waals surface area contributed by atoms with Gasteiger partial charge in [0, 0.05) is 59.2 Å². The summed E-state index contributed by atoms with van der Waals surface area (Å²) >= 11 is 0. The van der Waals surface area contributed by atoms with Gasteiger partial charge < -0.3 is 14.4 Å². The van der Waals surface area contributed by atoms with Crippen LogP contribution in [-0.4, -0.2) is 24.0 Å². The van der Waals surface area contributed by atoms with E-state index in [1.54, 1.807) is 6.20 Å². The maximum atomic E-state index is 13.1. The van der Waals surface area contributed by atoms with Crippen molar-refractivity contribution < 1.29 is 14.3 Å². The predicted molar refractivity (Wildman–Crippen MR) is 133 cm³/mol. The fourth-order valence-electron chi connectivity index (χ4n) is 5.02. The van der Waals surface area contributed by atoms with Crippen LogP contribution in [0.15, 0.2) is 98.2 Å². The van der Waals surface area contributed by atoms with Crippen LogP contribution in [0.4, 0.5) is 5.69 Å². The SMILES string of the molecule is C=CCN(CC=C)c1ccc2c(c1)Oc1cc3ncccc3cc1C21OC(=O)c2ccccc21. The zero-order valence-corrected chi connectivity index (χ0v) is 18.5. The molecule has 3 heterocycles. The number of anilines is 1. The van der Waals surface area contributed by atoms with E-state index >= 15 is 0 Å². The maximum Gasteiger partial charge on any atom is 0.340 e. The van der Waals surface area contributed by atoms with E-state index in [1.165, 1.54) is 0 Å². The van der Waals surface area contributed by atoms with E-state index in [1.807, 2.05) is 78.9 Å². The van der Waals surface area contributed by atoms with E-state index in [9.17, 15) is 4.79 Å². The molecule has 0 saturated carbocycles. The van der Waals surface area contributed by atoms with Gasteiger partial charge in [-0.05, 0) is 30.3 Å². The molecule has 166 valence electrons. The van der Waals surface area contributed by atoms with Crippen molar-refractivity contribution >= 4 is 22.6 Å². The average Bonchev–Trinajstić information content (AvgIpc) is 3.16. The Bertz CT molecular complexity index is 1480. The molecule has 34 heavy (non-hydrogen) atoms. The highest BCUT2D eigenvalue weighted by molar-refractivity contribution is 5.97. The first-order valence-corrected chi connectivity index (χ1v) is 11.2. The summed E-state index contributed by atoms with van der Waals surface area (Å²) in [6.45, 7) is 9.08. The highest BCUT2D eigenvalue weighted by Crippen LogP contribution is 2.57. The van der Waals surface area contributed by atoms with Gasteiger partial charge in [-0.25, -0.2) is 4.79 Å². The van der Waals surface area contributed by atoms with Gasteiger partial charge in [0.25, 0.3) is 0 Å². The summed E-state index contributed by atoms with van der Waals surface area (Å²) in [5.74, 6) is 0.923. The number of carbonyl (C=O) groups excluding carboxylic acids is 1. The zero-order chi connectivity index (χ0) is 23.3. The normalized spacial score (nSPS) is 17.4. The summed E-state index contributed by atoms with van der Waals surface area (Å²) < 4.78 is 12.7. The summed E-state index contributed by atoms with van der Waals surface area (Å²) in [6.07, 6.45) is 5.47. The third-order valence-corrected chi connectivity index (χ3v) is 6.48. The van der Waals surface area contributed by atoms with Gasteiger partial charge in [0.2, 0.25) is 0 Å². The van der Waals surface area contributed by atoms with Gasteiger partial charge in [-0.1, -0.05) is 36.4 Å². The quantitative estimate of drug-likeness (QED) is 0.279. The highest BCUT2D eigenvalue weighted by Gasteiger charge is 2.53. The molecule has 0 saturated heterocycles. The van der Waals surface area contributed by atoms with E-state index in [0.29, 0.717) is 30.2 Å². The van der Waals surface area contributed by atoms with Gasteiger partial charge in [-0.3, -0.25) is 4.98 Å². The first-order chi connectivity index (χ1) is 16.7. The summed E-state index contributed by atoms with van der Waals surface area (Å²) in [6, 6.07) is 21.4. The van der Waals surface area contributed by atoms with Crippen LogP contribution in [0.25, 0.3) is 10.9 Å². The van der Waals surface area contributed by atoms with Crippen LogP contribution in [-0.2, 0) is 10.3 Å². The van der Waals surface area contributed by atoms with Crippen LogP contribution in [0.1, 0.15) is 27.0 Å². The van der Waals surface area contributed by atoms with Gasteiger partial charge in [-0.2, -0.15) is 0 Å². The van der Waals surface area contributed by atoms with Gasteiger partial charge in [0.15, 0.2) is 5.60 Å². The van der Waals surface area contributed by atoms with Crippen molar-refractivity contribution in [1.29, 1.82) is 0 Å². The molecule has 5 nitrogen and oxygen atoms in total. The van der Waals surface area contributed by atoms with Gasteiger partial charge >= 0.3 is 5.97 Å². The molecule has 1 atom stereocenters. The minimum Gasteiger partial charge on any atom is -0.456 e. The first-order valence-electron chi connectivity index (χ1n) is 11.2. The Labute approximate surface area is 197 Å². The van der Waals surface area contributed by atoms with Crippen molar-refractivity contribution in [2.45, 2.75) is 5.60 Å². The van der Waals surface area contributed by atoms with Gasteiger partial charge in [0.1, 0.15) is 11.5 Å². The standard InChI is InChI=1S/C29H22N2O3/c1-3-14-31(15-4-2)20-11-12-23-26(17-20)33-27-18-25-19(8-7-13-30-25)16-24(27)29(23)22-10-6-5-9-21(22)28(32)34-29/h3-13,16-18H,1-2,14-15H2. The second kappa shape index (κ2) is 7.59. The molecule has 2 aliphatic heterocycles. The number of esters is 1. The Morgan fingerprint density at radius 2 is 1.68 bits per heavy atom. The van der Waals surface area contributed by atoms with Crippen molar-refractivity contribution in [3.05, 3.63) is 120 Å². The van der Waals surface area contributed by atoms with Crippen molar-refractivity contribution in [1.82, 2.24) is 4.98 Å². The van der Waals surface area contributed by atoms with Crippen molar-refractivity contribution in [3.63, 3.8) is 0 Å². The van der Waals surface area contributed by atoms with E-state index < -0.39 is 5.60 Å². The number of carbonyl (C=O) groups is 1. The fraction of sp³-hybridized carbons (Fsp3) is 0.103. The lowest BCUT2D eigenvalue weighted by atomic mass is 9.77. The minimum absolute atomic E-state index is 0.343. The lowest BCUT2D eigenvalue weighted by Gasteiger charge is -2.37. The van der Waals surface area contributed by atoms with Crippen LogP contribution in [0, 0.1) is 0 Å². The smallest absolute Gasteiger partial charge is 0.340 e. The molecule has 4 aromatic rings. The molecule has 0 fully saturated rings. The lowest BCUT2D eigenvalue weighted by Crippen LogP contribution is -2.33. The molecular formula is C29H22N2O3. The van der Waals surface area contributed by atoms with Crippen LogP contribution in [0.2, 0.25) is 0 Å². The number of rotatable bonds is 5. The summed E-state index contributed by atoms with van der Waals surface area (Å²) in [4.78, 5) is 19.7. The second-order valence-electron chi connectivity index (χ2n) is 8.43. The number of pyridine rings is 1. The molecule has 1 aromatic heterocycles. The van der Waals surface area contributed by atoms with E-state index in [4.69, 9.17) is 9.47 Å². The number of ether oxygens (including phenoxy) is 2. The Hall–Kier alpha value is -4.38. The molecular weight excluding hydrogens is 424 g/mol. The second-order valence-corrected chi connectivity index (χ2v) is 8.43. The number of hydrogen-bond acceptors (Lipinski definition) is 5. The Balaban J connectivity index is 1.63. The highest BCUT2D eigenvalue weighted by atomic mass is 16.6. The monoisotopic (exact) mass is 446 g/mol. The van der Waals surface area contributed by atoms with Crippen LogP contribution in [0.5, 0.6) is 11.5 Å². The van der Waals surface area contributed by atoms with Crippen LogP contribution in [0.3, 0.4) is 0 Å². The molecule has 2 aliphatic rings. The van der Waals surface area contributed by atoms with E-state index in [-0.39, 0.29) is 5.97 Å². The number of nitrogens with zero attached hydrogens (tertiary/aromatic N) is 2. The molecule has 0 aliphatic carbocycles. The Kier molecular flexibility index (Phi) is 4.52. The molecule has 1 spiro atoms. The minimum atomic E-state index is -1.10. The molecule has 5 heteroatoms. The summed E-state index contributed by atoms with van der Waals surface area (Å²) in [5.41, 5.74) is 3.65. The molecule has 0 N–H and O–H groups in total. The molecule has 1 unspecified atom stereocenters. The Morgan fingerprint density at radius 3 is 2.50 bits per heavy atom. The largest absolute Gasteiger partial charge is 0.456 e. The van der Waals surface area contributed by atoms with Gasteiger partial charge in [-0.15, -0.1) is 13.2 Å². The summed E-state index contributed by atoms with van der Waals surface area (Å²) in [5, 5.41) is 0.952. The first kappa shape index (κ1) is 20.2. The van der Waals surface area contributed by atoms with Crippen molar-refractivity contribution in [2.24, 2.45) is 0 Å². The Morgan fingerprint density at radius 1 is 0.882 bits per heavy atom. The molecule has 0 amide bonds. The lowest BCUT2D eigenvalue weighted by molar-refractivity contribution is 0.0225. The third-order valence-electron chi connectivity index (χ3n) is 6.48. The zero-order valence-electron chi connectivity index (χ0n) is 18.5. The van der Waals surface area contributed by atoms with E-state index in [0.717, 1.165) is 33.3 Å². The molecule has 0 radical (unpaired) electrons. The fourth-order valence-corrected chi connectivity index (χ4v) is 5.02. The topological polar surface area (TPSA) is 51.7 Å². The molecule has 6 rings (SSSR count). The molecule has 3 aromatic carbocycles. The predicted octanol–water partition coefficient (Wildman–Crippen LogP) is 5.98. The number of aromatic nitrogens is 1. The number of fused-ring (bicyclic) bond motifs is 7. The van der Waals surface area contributed by atoms with E-state index in [2.05, 4.69) is 23.0 Å². The molecule has 0 bridgehead atoms. The maximum absolute atomic E-state index is 13.1. The number of hydrogen-bond donors (Lipinski definition) is 0.